The third kappa shape index (κ3) is 2.76. The Morgan fingerprint density at radius 3 is 2.36 bits per heavy atom. The summed E-state index contributed by atoms with van der Waals surface area (Å²) in [7, 11) is 1.99. The molecule has 0 bridgehead atoms. The lowest BCUT2D eigenvalue weighted by Gasteiger charge is -2.16. The molecular formula is C11H14NO2-. The van der Waals surface area contributed by atoms with Gasteiger partial charge in [0, 0.05) is 31.7 Å². The molecule has 0 radical (unpaired) electrons. The SMILES string of the molecule is CCN(C)c1ccc(CC(=O)[O-])cc1. The maximum Gasteiger partial charge on any atom is 0.0458 e. The highest BCUT2D eigenvalue weighted by atomic mass is 16.4. The predicted octanol–water partition coefficient (Wildman–Crippen LogP) is 0.435. The number of carbonyl (C=O) groups excluding carboxylic acids is 1. The second-order valence-corrected chi connectivity index (χ2v) is 3.23. The first kappa shape index (κ1) is 10.6. The van der Waals surface area contributed by atoms with Crippen molar-refractivity contribution in [3.8, 4) is 0 Å². The van der Waals surface area contributed by atoms with Gasteiger partial charge in [-0.3, -0.25) is 0 Å². The van der Waals surface area contributed by atoms with Gasteiger partial charge in [-0.2, -0.15) is 0 Å². The zero-order valence-electron chi connectivity index (χ0n) is 8.49. The Morgan fingerprint density at radius 2 is 1.93 bits per heavy atom. The number of aliphatic carboxylic acids is 1. The number of rotatable bonds is 4. The van der Waals surface area contributed by atoms with E-state index >= 15 is 0 Å². The molecule has 1 rings (SSSR count). The maximum atomic E-state index is 10.3. The molecule has 0 unspecified atom stereocenters. The second-order valence-electron chi connectivity index (χ2n) is 3.23. The first-order valence-corrected chi connectivity index (χ1v) is 4.63. The van der Waals surface area contributed by atoms with Gasteiger partial charge in [0.2, 0.25) is 0 Å². The van der Waals surface area contributed by atoms with Crippen LogP contribution in [0.2, 0.25) is 0 Å². The Kier molecular flexibility index (Phi) is 3.51. The number of anilines is 1. The molecule has 0 atom stereocenters. The fourth-order valence-electron chi connectivity index (χ4n) is 1.22. The van der Waals surface area contributed by atoms with Crippen molar-refractivity contribution in [3.63, 3.8) is 0 Å². The topological polar surface area (TPSA) is 43.4 Å². The molecule has 0 aliphatic heterocycles. The zero-order valence-corrected chi connectivity index (χ0v) is 8.49. The van der Waals surface area contributed by atoms with Gasteiger partial charge in [-0.25, -0.2) is 0 Å². The predicted molar refractivity (Wildman–Crippen MR) is 54.1 cm³/mol. The fourth-order valence-corrected chi connectivity index (χ4v) is 1.22. The lowest BCUT2D eigenvalue weighted by molar-refractivity contribution is -0.304. The molecule has 0 aliphatic carbocycles. The Morgan fingerprint density at radius 1 is 1.36 bits per heavy atom. The molecular weight excluding hydrogens is 178 g/mol. The Hall–Kier alpha value is -1.51. The summed E-state index contributed by atoms with van der Waals surface area (Å²) in [5.41, 5.74) is 1.87. The van der Waals surface area contributed by atoms with E-state index in [0.717, 1.165) is 17.8 Å². The molecule has 0 aliphatic rings. The van der Waals surface area contributed by atoms with Crippen molar-refractivity contribution in [2.75, 3.05) is 18.5 Å². The Labute approximate surface area is 84.0 Å². The van der Waals surface area contributed by atoms with Gasteiger partial charge in [0.05, 0.1) is 0 Å². The van der Waals surface area contributed by atoms with E-state index in [2.05, 4.69) is 11.8 Å². The summed E-state index contributed by atoms with van der Waals surface area (Å²) in [6, 6.07) is 7.47. The van der Waals surface area contributed by atoms with Crippen molar-refractivity contribution in [1.29, 1.82) is 0 Å². The van der Waals surface area contributed by atoms with Crippen molar-refractivity contribution in [1.82, 2.24) is 0 Å². The van der Waals surface area contributed by atoms with Crippen LogP contribution in [0, 0.1) is 0 Å². The van der Waals surface area contributed by atoms with Crippen LogP contribution in [0.25, 0.3) is 0 Å². The van der Waals surface area contributed by atoms with Crippen LogP contribution in [0.4, 0.5) is 5.69 Å². The fraction of sp³-hybridized carbons (Fsp3) is 0.364. The highest BCUT2D eigenvalue weighted by Crippen LogP contribution is 2.13. The highest BCUT2D eigenvalue weighted by molar-refractivity contribution is 5.68. The van der Waals surface area contributed by atoms with Gasteiger partial charge in [0.1, 0.15) is 0 Å². The van der Waals surface area contributed by atoms with Gasteiger partial charge >= 0.3 is 0 Å². The van der Waals surface area contributed by atoms with E-state index in [4.69, 9.17) is 0 Å². The van der Waals surface area contributed by atoms with Crippen molar-refractivity contribution in [2.45, 2.75) is 13.3 Å². The van der Waals surface area contributed by atoms with Gasteiger partial charge in [0.15, 0.2) is 0 Å². The normalized spacial score (nSPS) is 9.86. The van der Waals surface area contributed by atoms with Crippen LogP contribution in [0.3, 0.4) is 0 Å². The summed E-state index contributed by atoms with van der Waals surface area (Å²) in [5, 5.41) is 10.3. The molecule has 0 spiro atoms. The van der Waals surface area contributed by atoms with Crippen LogP contribution in [-0.2, 0) is 11.2 Å². The monoisotopic (exact) mass is 192 g/mol. The molecule has 1 aromatic rings. The summed E-state index contributed by atoms with van der Waals surface area (Å²) >= 11 is 0. The molecule has 0 aromatic heterocycles. The molecule has 14 heavy (non-hydrogen) atoms. The minimum Gasteiger partial charge on any atom is -0.550 e. The Bertz CT molecular complexity index is 306. The van der Waals surface area contributed by atoms with Gasteiger partial charge in [0.25, 0.3) is 0 Å². The third-order valence-corrected chi connectivity index (χ3v) is 2.20. The van der Waals surface area contributed by atoms with Gasteiger partial charge in [-0.1, -0.05) is 12.1 Å². The zero-order chi connectivity index (χ0) is 10.6. The number of hydrogen-bond donors (Lipinski definition) is 0. The molecule has 0 amide bonds. The van der Waals surface area contributed by atoms with Crippen LogP contribution >= 0.6 is 0 Å². The molecule has 0 N–H and O–H groups in total. The lowest BCUT2D eigenvalue weighted by Crippen LogP contribution is -2.24. The van der Waals surface area contributed by atoms with Crippen molar-refractivity contribution in [3.05, 3.63) is 29.8 Å². The summed E-state index contributed by atoms with van der Waals surface area (Å²) in [6.45, 7) is 2.99. The standard InChI is InChI=1S/C11H15NO2/c1-3-12(2)10-6-4-9(5-7-10)8-11(13)14/h4-7H,3,8H2,1-2H3,(H,13,14)/p-1. The number of carboxylic acids is 1. The van der Waals surface area contributed by atoms with Crippen LogP contribution in [0.15, 0.2) is 24.3 Å². The Balaban J connectivity index is 2.73. The van der Waals surface area contributed by atoms with Crippen LogP contribution in [0.5, 0.6) is 0 Å². The number of hydrogen-bond acceptors (Lipinski definition) is 3. The van der Waals surface area contributed by atoms with Crippen LogP contribution in [0.1, 0.15) is 12.5 Å². The van der Waals surface area contributed by atoms with E-state index in [9.17, 15) is 9.90 Å². The average Bonchev–Trinajstić information content (AvgIpc) is 2.17. The minimum absolute atomic E-state index is 0.0177. The summed E-state index contributed by atoms with van der Waals surface area (Å²) in [4.78, 5) is 12.4. The van der Waals surface area contributed by atoms with Crippen LogP contribution in [-0.4, -0.2) is 19.6 Å². The molecule has 0 saturated carbocycles. The summed E-state index contributed by atoms with van der Waals surface area (Å²) in [5.74, 6) is -1.04. The smallest absolute Gasteiger partial charge is 0.0458 e. The maximum absolute atomic E-state index is 10.3. The van der Waals surface area contributed by atoms with Crippen molar-refractivity contribution in [2.24, 2.45) is 0 Å². The van der Waals surface area contributed by atoms with Crippen LogP contribution < -0.4 is 10.0 Å². The molecule has 76 valence electrons. The molecule has 0 fully saturated rings. The summed E-state index contributed by atoms with van der Waals surface area (Å²) in [6.07, 6.45) is -0.0177. The van der Waals surface area contributed by atoms with E-state index < -0.39 is 5.97 Å². The van der Waals surface area contributed by atoms with Gasteiger partial charge in [-0.15, -0.1) is 0 Å². The van der Waals surface area contributed by atoms with Crippen molar-refractivity contribution < 1.29 is 9.90 Å². The number of benzene rings is 1. The molecule has 1 aromatic carbocycles. The highest BCUT2D eigenvalue weighted by Gasteiger charge is 1.98. The van der Waals surface area contributed by atoms with Gasteiger partial charge < -0.3 is 14.8 Å². The molecule has 3 nitrogen and oxygen atoms in total. The molecule has 0 heterocycles. The quantitative estimate of drug-likeness (QED) is 0.695. The number of carbonyl (C=O) groups is 1. The number of carboxylic acid groups (broad SMARTS) is 1. The average molecular weight is 192 g/mol. The summed E-state index contributed by atoms with van der Waals surface area (Å²) < 4.78 is 0. The molecule has 0 saturated heterocycles. The van der Waals surface area contributed by atoms with E-state index in [-0.39, 0.29) is 6.42 Å². The van der Waals surface area contributed by atoms with Gasteiger partial charge in [-0.05, 0) is 24.6 Å². The number of nitrogens with zero attached hydrogens (tertiary/aromatic N) is 1. The van der Waals surface area contributed by atoms with E-state index in [1.807, 2.05) is 31.3 Å². The van der Waals surface area contributed by atoms with E-state index in [1.54, 1.807) is 0 Å². The third-order valence-electron chi connectivity index (χ3n) is 2.20. The first-order valence-electron chi connectivity index (χ1n) is 4.63. The van der Waals surface area contributed by atoms with Crippen molar-refractivity contribution >= 4 is 11.7 Å². The molecule has 3 heteroatoms. The second kappa shape index (κ2) is 4.65. The minimum atomic E-state index is -1.04. The van der Waals surface area contributed by atoms with E-state index in [0.29, 0.717) is 0 Å². The largest absolute Gasteiger partial charge is 0.550 e. The van der Waals surface area contributed by atoms with E-state index in [1.165, 1.54) is 0 Å². The lowest BCUT2D eigenvalue weighted by atomic mass is 10.1. The first-order chi connectivity index (χ1) is 6.63.